The van der Waals surface area contributed by atoms with Crippen molar-refractivity contribution in [2.45, 2.75) is 63.8 Å². The van der Waals surface area contributed by atoms with Gasteiger partial charge in [0, 0.05) is 17.7 Å². The highest BCUT2D eigenvalue weighted by atomic mass is 16.5. The van der Waals surface area contributed by atoms with E-state index in [-0.39, 0.29) is 5.56 Å². The predicted molar refractivity (Wildman–Crippen MR) is 98.1 cm³/mol. The number of pyridine rings is 1. The van der Waals surface area contributed by atoms with Crippen LogP contribution in [-0.2, 0) is 12.8 Å². The highest BCUT2D eigenvalue weighted by molar-refractivity contribution is 5.55. The average molecular weight is 354 g/mol. The molecule has 2 fully saturated rings. The minimum atomic E-state index is -0.103. The summed E-state index contributed by atoms with van der Waals surface area (Å²) in [4.78, 5) is 22.7. The number of rotatable bonds is 3. The third kappa shape index (κ3) is 3.00. The fourth-order valence-electron chi connectivity index (χ4n) is 4.51. The van der Waals surface area contributed by atoms with E-state index >= 15 is 0 Å². The molecule has 1 saturated carbocycles. The van der Waals surface area contributed by atoms with Gasteiger partial charge < -0.3 is 14.4 Å². The molecule has 0 radical (unpaired) electrons. The summed E-state index contributed by atoms with van der Waals surface area (Å²) in [6, 6.07) is 2.80. The monoisotopic (exact) mass is 354 g/mol. The van der Waals surface area contributed by atoms with Crippen molar-refractivity contribution in [3.63, 3.8) is 0 Å². The molecule has 0 spiro atoms. The van der Waals surface area contributed by atoms with Gasteiger partial charge in [-0.2, -0.15) is 4.98 Å². The summed E-state index contributed by atoms with van der Waals surface area (Å²) >= 11 is 0. The summed E-state index contributed by atoms with van der Waals surface area (Å²) in [7, 11) is 0. The number of hydrogen-bond donors (Lipinski definition) is 1. The van der Waals surface area contributed by atoms with Crippen LogP contribution < -0.4 is 5.56 Å². The summed E-state index contributed by atoms with van der Waals surface area (Å²) < 4.78 is 5.56. The summed E-state index contributed by atoms with van der Waals surface area (Å²) in [6.45, 7) is 4.49. The Bertz CT molecular complexity index is 859. The number of aromatic amines is 1. The molecule has 6 heteroatoms. The van der Waals surface area contributed by atoms with E-state index in [2.05, 4.69) is 26.9 Å². The van der Waals surface area contributed by atoms with E-state index in [1.54, 1.807) is 0 Å². The van der Waals surface area contributed by atoms with Crippen molar-refractivity contribution in [3.05, 3.63) is 33.6 Å². The number of nitrogens with zero attached hydrogens (tertiary/aromatic N) is 3. The van der Waals surface area contributed by atoms with Gasteiger partial charge in [-0.15, -0.1) is 0 Å². The SMILES string of the molecule is CC1CCc2[nH]c(=O)c(-c3noc(C4CCN(C5CC5)CC4)n3)cc2C1. The lowest BCUT2D eigenvalue weighted by molar-refractivity contribution is 0.186. The highest BCUT2D eigenvalue weighted by Crippen LogP contribution is 2.34. The molecule has 26 heavy (non-hydrogen) atoms. The number of hydrogen-bond acceptors (Lipinski definition) is 5. The number of aromatic nitrogens is 3. The third-order valence-corrected chi connectivity index (χ3v) is 6.30. The molecule has 3 aliphatic rings. The molecular formula is C20H26N4O2. The Morgan fingerprint density at radius 1 is 1.19 bits per heavy atom. The molecule has 1 aliphatic heterocycles. The van der Waals surface area contributed by atoms with Gasteiger partial charge in [0.2, 0.25) is 11.7 Å². The minimum absolute atomic E-state index is 0.103. The molecule has 1 N–H and O–H groups in total. The van der Waals surface area contributed by atoms with Gasteiger partial charge in [-0.05, 0) is 75.6 Å². The molecule has 1 saturated heterocycles. The molecule has 5 rings (SSSR count). The zero-order chi connectivity index (χ0) is 17.7. The second-order valence-corrected chi connectivity index (χ2v) is 8.36. The van der Waals surface area contributed by atoms with Gasteiger partial charge in [-0.3, -0.25) is 4.79 Å². The first-order chi connectivity index (χ1) is 12.7. The van der Waals surface area contributed by atoms with Gasteiger partial charge in [-0.1, -0.05) is 12.1 Å². The smallest absolute Gasteiger partial charge is 0.259 e. The molecule has 0 bridgehead atoms. The van der Waals surface area contributed by atoms with Crippen molar-refractivity contribution in [1.82, 2.24) is 20.0 Å². The van der Waals surface area contributed by atoms with Crippen LogP contribution in [0.1, 0.15) is 62.1 Å². The lowest BCUT2D eigenvalue weighted by atomic mass is 9.87. The standard InChI is InChI=1S/C20H26N4O2/c1-12-2-5-17-14(10-12)11-16(19(25)21-17)18-22-20(26-23-18)13-6-8-24(9-7-13)15-3-4-15/h11-13,15H,2-10H2,1H3,(H,21,25). The van der Waals surface area contributed by atoms with E-state index in [1.165, 1.54) is 18.4 Å². The van der Waals surface area contributed by atoms with Gasteiger partial charge in [0.05, 0.1) is 5.56 Å². The van der Waals surface area contributed by atoms with Crippen LogP contribution in [0.4, 0.5) is 0 Å². The van der Waals surface area contributed by atoms with E-state index in [1.807, 2.05) is 6.07 Å². The molecule has 6 nitrogen and oxygen atoms in total. The van der Waals surface area contributed by atoms with Crippen LogP contribution in [0.2, 0.25) is 0 Å². The number of piperidine rings is 1. The van der Waals surface area contributed by atoms with Crippen LogP contribution in [0.3, 0.4) is 0 Å². The lowest BCUT2D eigenvalue weighted by Crippen LogP contribution is -2.34. The molecule has 3 heterocycles. The molecule has 0 aromatic carbocycles. The summed E-state index contributed by atoms with van der Waals surface area (Å²) in [5.74, 6) is 2.11. The van der Waals surface area contributed by atoms with E-state index < -0.39 is 0 Å². The number of fused-ring (bicyclic) bond motifs is 1. The topological polar surface area (TPSA) is 75.0 Å². The van der Waals surface area contributed by atoms with E-state index in [4.69, 9.17) is 4.52 Å². The van der Waals surface area contributed by atoms with E-state index in [9.17, 15) is 4.79 Å². The van der Waals surface area contributed by atoms with Crippen molar-refractivity contribution in [2.24, 2.45) is 5.92 Å². The summed E-state index contributed by atoms with van der Waals surface area (Å²) in [5.41, 5.74) is 2.74. The van der Waals surface area contributed by atoms with Gasteiger partial charge in [0.15, 0.2) is 0 Å². The number of aryl methyl sites for hydroxylation is 1. The predicted octanol–water partition coefficient (Wildman–Crippen LogP) is 2.89. The van der Waals surface area contributed by atoms with Crippen molar-refractivity contribution >= 4 is 0 Å². The molecule has 2 aromatic heterocycles. The third-order valence-electron chi connectivity index (χ3n) is 6.30. The Labute approximate surface area is 153 Å². The maximum Gasteiger partial charge on any atom is 0.259 e. The van der Waals surface area contributed by atoms with Crippen LogP contribution in [0, 0.1) is 5.92 Å². The van der Waals surface area contributed by atoms with Gasteiger partial charge in [0.25, 0.3) is 5.56 Å². The Balaban J connectivity index is 1.37. The first-order valence-corrected chi connectivity index (χ1v) is 10.0. The molecule has 2 aliphatic carbocycles. The fourth-order valence-corrected chi connectivity index (χ4v) is 4.51. The maximum atomic E-state index is 12.5. The van der Waals surface area contributed by atoms with E-state index in [0.29, 0.717) is 29.1 Å². The molecule has 2 aromatic rings. The summed E-state index contributed by atoms with van der Waals surface area (Å²) in [6.07, 6.45) is 7.93. The normalized spacial score (nSPS) is 24.6. The number of H-pyrrole nitrogens is 1. The Morgan fingerprint density at radius 3 is 2.77 bits per heavy atom. The maximum absolute atomic E-state index is 12.5. The van der Waals surface area contributed by atoms with Crippen LogP contribution in [0.15, 0.2) is 15.4 Å². The largest absolute Gasteiger partial charge is 0.339 e. The zero-order valence-electron chi connectivity index (χ0n) is 15.3. The van der Waals surface area contributed by atoms with Crippen molar-refractivity contribution in [1.29, 1.82) is 0 Å². The van der Waals surface area contributed by atoms with Crippen molar-refractivity contribution < 1.29 is 4.52 Å². The fraction of sp³-hybridized carbons (Fsp3) is 0.650. The Kier molecular flexibility index (Phi) is 3.96. The van der Waals surface area contributed by atoms with Gasteiger partial charge in [-0.25, -0.2) is 0 Å². The van der Waals surface area contributed by atoms with Crippen LogP contribution in [0.25, 0.3) is 11.4 Å². The van der Waals surface area contributed by atoms with Gasteiger partial charge >= 0.3 is 0 Å². The number of likely N-dealkylation sites (tertiary alicyclic amines) is 1. The first-order valence-electron chi connectivity index (χ1n) is 10.0. The lowest BCUT2D eigenvalue weighted by Gasteiger charge is -2.30. The van der Waals surface area contributed by atoms with Crippen molar-refractivity contribution in [2.75, 3.05) is 13.1 Å². The summed E-state index contributed by atoms with van der Waals surface area (Å²) in [5, 5.41) is 4.14. The highest BCUT2D eigenvalue weighted by Gasteiger charge is 2.33. The Hall–Kier alpha value is -1.95. The van der Waals surface area contributed by atoms with Gasteiger partial charge in [0.1, 0.15) is 0 Å². The van der Waals surface area contributed by atoms with Crippen LogP contribution >= 0.6 is 0 Å². The molecular weight excluding hydrogens is 328 g/mol. The van der Waals surface area contributed by atoms with Crippen LogP contribution in [0.5, 0.6) is 0 Å². The van der Waals surface area contributed by atoms with Crippen LogP contribution in [-0.4, -0.2) is 39.2 Å². The minimum Gasteiger partial charge on any atom is -0.339 e. The van der Waals surface area contributed by atoms with E-state index in [0.717, 1.165) is 56.9 Å². The quantitative estimate of drug-likeness (QED) is 0.917. The molecule has 1 atom stereocenters. The second-order valence-electron chi connectivity index (χ2n) is 8.36. The molecule has 0 amide bonds. The van der Waals surface area contributed by atoms with Crippen molar-refractivity contribution in [3.8, 4) is 11.4 Å². The molecule has 1 unspecified atom stereocenters. The number of nitrogens with one attached hydrogen (secondary N) is 1. The molecule has 138 valence electrons. The Morgan fingerprint density at radius 2 is 2.00 bits per heavy atom. The zero-order valence-corrected chi connectivity index (χ0v) is 15.3. The second kappa shape index (κ2) is 6.34. The first kappa shape index (κ1) is 16.2. The average Bonchev–Trinajstić information content (AvgIpc) is 3.39.